The minimum atomic E-state index is -3.71. The van der Waals surface area contributed by atoms with Crippen molar-refractivity contribution in [1.29, 1.82) is 0 Å². The van der Waals surface area contributed by atoms with Crippen LogP contribution in [0.2, 0.25) is 0 Å². The molecule has 21 heavy (non-hydrogen) atoms. The number of anilines is 1. The molecular formula is C14H17BrN2O2S2. The number of sulfonamides is 1. The van der Waals surface area contributed by atoms with E-state index >= 15 is 0 Å². The molecule has 0 radical (unpaired) electrons. The van der Waals surface area contributed by atoms with Gasteiger partial charge in [0.25, 0.3) is 0 Å². The Morgan fingerprint density at radius 3 is 2.48 bits per heavy atom. The Morgan fingerprint density at radius 1 is 1.29 bits per heavy atom. The maximum Gasteiger partial charge on any atom is 0.238 e. The van der Waals surface area contributed by atoms with Crippen LogP contribution in [0.5, 0.6) is 0 Å². The van der Waals surface area contributed by atoms with Gasteiger partial charge < -0.3 is 5.32 Å². The largest absolute Gasteiger partial charge is 0.377 e. The second kappa shape index (κ2) is 6.08. The van der Waals surface area contributed by atoms with Gasteiger partial charge in [0.1, 0.15) is 0 Å². The van der Waals surface area contributed by atoms with Crippen molar-refractivity contribution >= 4 is 43.0 Å². The molecule has 114 valence electrons. The molecule has 3 N–H and O–H groups in total. The molecule has 7 heteroatoms. The molecule has 1 aromatic carbocycles. The molecule has 0 aliphatic carbocycles. The van der Waals surface area contributed by atoms with Crippen molar-refractivity contribution < 1.29 is 8.42 Å². The molecule has 4 nitrogen and oxygen atoms in total. The molecule has 2 aromatic rings. The van der Waals surface area contributed by atoms with Gasteiger partial charge in [0.15, 0.2) is 0 Å². The Bertz CT molecular complexity index is 769. The molecule has 2 rings (SSSR count). The van der Waals surface area contributed by atoms with Crippen molar-refractivity contribution in [1.82, 2.24) is 0 Å². The molecule has 0 amide bonds. The lowest BCUT2D eigenvalue weighted by atomic mass is 10.1. The Morgan fingerprint density at radius 2 is 1.95 bits per heavy atom. The van der Waals surface area contributed by atoms with Crippen LogP contribution in [0, 0.1) is 13.8 Å². The van der Waals surface area contributed by atoms with E-state index in [-0.39, 0.29) is 10.9 Å². The normalized spacial score (nSPS) is 13.2. The molecule has 0 spiro atoms. The van der Waals surface area contributed by atoms with Crippen LogP contribution < -0.4 is 10.5 Å². The number of halogens is 1. The summed E-state index contributed by atoms with van der Waals surface area (Å²) < 4.78 is 24.2. The summed E-state index contributed by atoms with van der Waals surface area (Å²) in [7, 11) is -3.71. The van der Waals surface area contributed by atoms with Crippen LogP contribution in [0.1, 0.15) is 29.0 Å². The van der Waals surface area contributed by atoms with E-state index in [9.17, 15) is 8.42 Å². The van der Waals surface area contributed by atoms with Gasteiger partial charge in [0.2, 0.25) is 10.0 Å². The number of hydrogen-bond acceptors (Lipinski definition) is 4. The Hall–Kier alpha value is -0.890. The van der Waals surface area contributed by atoms with Gasteiger partial charge in [-0.05, 0) is 66.0 Å². The lowest BCUT2D eigenvalue weighted by Gasteiger charge is -2.18. The van der Waals surface area contributed by atoms with Gasteiger partial charge >= 0.3 is 0 Å². The van der Waals surface area contributed by atoms with E-state index < -0.39 is 10.0 Å². The van der Waals surface area contributed by atoms with Crippen LogP contribution in [0.25, 0.3) is 0 Å². The SMILES string of the molecule is Cc1cc(S(N)(=O)=O)cc(NC(C)c2cc(Br)cs2)c1C. The third kappa shape index (κ3) is 3.85. The smallest absolute Gasteiger partial charge is 0.238 e. The molecule has 0 saturated heterocycles. The van der Waals surface area contributed by atoms with Crippen molar-refractivity contribution in [3.8, 4) is 0 Å². The maximum atomic E-state index is 11.6. The van der Waals surface area contributed by atoms with E-state index in [0.29, 0.717) is 0 Å². The summed E-state index contributed by atoms with van der Waals surface area (Å²) in [6.07, 6.45) is 0. The lowest BCUT2D eigenvalue weighted by Crippen LogP contribution is -2.14. The predicted molar refractivity (Wildman–Crippen MR) is 91.3 cm³/mol. The molecule has 0 aliphatic heterocycles. The molecule has 1 heterocycles. The van der Waals surface area contributed by atoms with Gasteiger partial charge in [0, 0.05) is 20.4 Å². The summed E-state index contributed by atoms with van der Waals surface area (Å²) in [4.78, 5) is 1.30. The van der Waals surface area contributed by atoms with Crippen molar-refractivity contribution in [2.24, 2.45) is 5.14 Å². The number of rotatable bonds is 4. The molecule has 0 aliphatic rings. The number of aryl methyl sites for hydroxylation is 1. The monoisotopic (exact) mass is 388 g/mol. The van der Waals surface area contributed by atoms with Gasteiger partial charge in [0.05, 0.1) is 10.9 Å². The molecular weight excluding hydrogens is 372 g/mol. The summed E-state index contributed by atoms with van der Waals surface area (Å²) in [6, 6.07) is 5.32. The second-order valence-corrected chi connectivity index (χ2v) is 8.41. The second-order valence-electron chi connectivity index (χ2n) is 4.99. The van der Waals surface area contributed by atoms with Gasteiger partial charge in [-0.25, -0.2) is 13.6 Å². The number of thiophene rings is 1. The average molecular weight is 389 g/mol. The van der Waals surface area contributed by atoms with Gasteiger partial charge in [-0.3, -0.25) is 0 Å². The summed E-state index contributed by atoms with van der Waals surface area (Å²) in [6.45, 7) is 5.87. The zero-order valence-electron chi connectivity index (χ0n) is 12.0. The van der Waals surface area contributed by atoms with E-state index in [1.807, 2.05) is 32.2 Å². The van der Waals surface area contributed by atoms with Crippen LogP contribution in [-0.4, -0.2) is 8.42 Å². The van der Waals surface area contributed by atoms with Crippen LogP contribution >= 0.6 is 27.3 Å². The predicted octanol–water partition coefficient (Wildman–Crippen LogP) is 3.95. The van der Waals surface area contributed by atoms with E-state index in [0.717, 1.165) is 21.3 Å². The van der Waals surface area contributed by atoms with Gasteiger partial charge in [-0.15, -0.1) is 11.3 Å². The molecule has 1 atom stereocenters. The van der Waals surface area contributed by atoms with Crippen molar-refractivity contribution in [2.75, 3.05) is 5.32 Å². The highest BCUT2D eigenvalue weighted by molar-refractivity contribution is 9.10. The molecule has 1 unspecified atom stereocenters. The number of benzene rings is 1. The lowest BCUT2D eigenvalue weighted by molar-refractivity contribution is 0.597. The summed E-state index contributed by atoms with van der Waals surface area (Å²) in [5.41, 5.74) is 2.70. The fraction of sp³-hybridized carbons (Fsp3) is 0.286. The Balaban J connectivity index is 2.37. The highest BCUT2D eigenvalue weighted by Gasteiger charge is 2.15. The minimum absolute atomic E-state index is 0.0788. The molecule has 0 fully saturated rings. The fourth-order valence-corrected chi connectivity index (χ4v) is 4.08. The maximum absolute atomic E-state index is 11.6. The molecule has 1 aromatic heterocycles. The number of hydrogen-bond donors (Lipinski definition) is 2. The zero-order valence-corrected chi connectivity index (χ0v) is 15.2. The van der Waals surface area contributed by atoms with E-state index in [1.165, 1.54) is 4.88 Å². The number of nitrogens with two attached hydrogens (primary N) is 1. The summed E-state index contributed by atoms with van der Waals surface area (Å²) >= 11 is 5.08. The number of primary sulfonamides is 1. The van der Waals surface area contributed by atoms with Crippen LogP contribution in [-0.2, 0) is 10.0 Å². The van der Waals surface area contributed by atoms with Gasteiger partial charge in [-0.1, -0.05) is 0 Å². The van der Waals surface area contributed by atoms with Crippen molar-refractivity contribution in [2.45, 2.75) is 31.7 Å². The first-order valence-electron chi connectivity index (χ1n) is 6.33. The van der Waals surface area contributed by atoms with Crippen molar-refractivity contribution in [3.63, 3.8) is 0 Å². The Kier molecular flexibility index (Phi) is 4.77. The summed E-state index contributed by atoms with van der Waals surface area (Å²) in [5.74, 6) is 0. The minimum Gasteiger partial charge on any atom is -0.377 e. The highest BCUT2D eigenvalue weighted by Crippen LogP contribution is 2.30. The molecule has 0 bridgehead atoms. The van der Waals surface area contributed by atoms with Crippen LogP contribution in [0.3, 0.4) is 0 Å². The van der Waals surface area contributed by atoms with Gasteiger partial charge in [-0.2, -0.15) is 0 Å². The van der Waals surface area contributed by atoms with E-state index in [2.05, 4.69) is 21.2 Å². The number of nitrogens with one attached hydrogen (secondary N) is 1. The van der Waals surface area contributed by atoms with Crippen LogP contribution in [0.15, 0.2) is 32.9 Å². The average Bonchev–Trinajstić information content (AvgIpc) is 2.80. The fourth-order valence-electron chi connectivity index (χ4n) is 2.00. The topological polar surface area (TPSA) is 72.2 Å². The molecule has 0 saturated carbocycles. The highest BCUT2D eigenvalue weighted by atomic mass is 79.9. The first-order chi connectivity index (χ1) is 9.68. The van der Waals surface area contributed by atoms with E-state index in [1.54, 1.807) is 23.5 Å². The van der Waals surface area contributed by atoms with Crippen molar-refractivity contribution in [3.05, 3.63) is 44.1 Å². The first-order valence-corrected chi connectivity index (χ1v) is 9.55. The standard InChI is InChI=1S/C14H17BrN2O2S2/c1-8-4-12(21(16,18)19)6-13(9(8)2)17-10(3)14-5-11(15)7-20-14/h4-7,10,17H,1-3H3,(H2,16,18,19). The quantitative estimate of drug-likeness (QED) is 0.832. The van der Waals surface area contributed by atoms with E-state index in [4.69, 9.17) is 5.14 Å². The Labute approximate surface area is 137 Å². The van der Waals surface area contributed by atoms with Crippen LogP contribution in [0.4, 0.5) is 5.69 Å². The third-order valence-corrected chi connectivity index (χ3v) is 6.12. The summed E-state index contributed by atoms with van der Waals surface area (Å²) in [5, 5.41) is 10.6. The third-order valence-electron chi connectivity index (χ3n) is 3.36. The first kappa shape index (κ1) is 16.5. The zero-order chi connectivity index (χ0) is 15.8.